The van der Waals surface area contributed by atoms with Crippen molar-refractivity contribution in [3.8, 4) is 0 Å². The summed E-state index contributed by atoms with van der Waals surface area (Å²) in [5, 5.41) is 19.4. The maximum absolute atomic E-state index is 9.18. The summed E-state index contributed by atoms with van der Waals surface area (Å²) in [6.45, 7) is 1.80. The van der Waals surface area contributed by atoms with Crippen LogP contribution in [0.2, 0.25) is 5.15 Å². The highest BCUT2D eigenvalue weighted by Gasteiger charge is 2.20. The molecule has 0 fully saturated rings. The van der Waals surface area contributed by atoms with Gasteiger partial charge >= 0.3 is 7.12 Å². The third-order valence-corrected chi connectivity index (χ3v) is 2.70. The van der Waals surface area contributed by atoms with Gasteiger partial charge in [-0.05, 0) is 18.6 Å². The number of hydrogen-bond acceptors (Lipinski definition) is 3. The minimum absolute atomic E-state index is 0.140. The van der Waals surface area contributed by atoms with Gasteiger partial charge < -0.3 is 10.0 Å². The lowest BCUT2D eigenvalue weighted by Crippen LogP contribution is -2.34. The Kier molecular flexibility index (Phi) is 2.65. The highest BCUT2D eigenvalue weighted by Crippen LogP contribution is 2.18. The van der Waals surface area contributed by atoms with Crippen LogP contribution < -0.4 is 5.46 Å². The van der Waals surface area contributed by atoms with Crippen molar-refractivity contribution >= 4 is 35.1 Å². The third-order valence-electron chi connectivity index (χ3n) is 2.41. The zero-order valence-electron chi connectivity index (χ0n) is 8.11. The van der Waals surface area contributed by atoms with Crippen LogP contribution in [0.15, 0.2) is 24.3 Å². The van der Waals surface area contributed by atoms with Gasteiger partial charge in [0.1, 0.15) is 5.15 Å². The van der Waals surface area contributed by atoms with Crippen LogP contribution in [-0.4, -0.2) is 22.2 Å². The molecule has 0 aliphatic rings. The molecule has 0 atom stereocenters. The maximum Gasteiger partial charge on any atom is 0.491 e. The first kappa shape index (κ1) is 10.4. The van der Waals surface area contributed by atoms with Crippen LogP contribution in [-0.2, 0) is 0 Å². The van der Waals surface area contributed by atoms with Gasteiger partial charge in [0.25, 0.3) is 0 Å². The minimum atomic E-state index is -1.59. The number of pyridine rings is 1. The van der Waals surface area contributed by atoms with E-state index in [1.807, 2.05) is 24.3 Å². The molecule has 5 heteroatoms. The van der Waals surface area contributed by atoms with Crippen molar-refractivity contribution in [2.45, 2.75) is 6.92 Å². The van der Waals surface area contributed by atoms with Gasteiger partial charge in [-0.15, -0.1) is 0 Å². The number of para-hydroxylation sites is 1. The Morgan fingerprint density at radius 1 is 1.27 bits per heavy atom. The summed E-state index contributed by atoms with van der Waals surface area (Å²) < 4.78 is 0. The number of halogens is 1. The van der Waals surface area contributed by atoms with E-state index in [2.05, 4.69) is 4.98 Å². The Bertz CT molecular complexity index is 516. The summed E-state index contributed by atoms with van der Waals surface area (Å²) in [7, 11) is -1.59. The van der Waals surface area contributed by atoms with Crippen LogP contribution in [0.5, 0.6) is 0 Å². The van der Waals surface area contributed by atoms with E-state index in [4.69, 9.17) is 11.6 Å². The van der Waals surface area contributed by atoms with Gasteiger partial charge in [-0.25, -0.2) is 4.98 Å². The molecule has 0 saturated heterocycles. The van der Waals surface area contributed by atoms with Crippen LogP contribution >= 0.6 is 11.6 Å². The molecule has 2 N–H and O–H groups in total. The van der Waals surface area contributed by atoms with E-state index in [0.717, 1.165) is 16.5 Å². The number of benzene rings is 1. The SMILES string of the molecule is Cc1c(B(O)O)c(Cl)nc2ccccc12. The average Bonchev–Trinajstić information content (AvgIpc) is 2.17. The first-order valence-corrected chi connectivity index (χ1v) is 4.90. The molecule has 0 unspecified atom stereocenters. The van der Waals surface area contributed by atoms with Crippen molar-refractivity contribution in [2.75, 3.05) is 0 Å². The number of aryl methyl sites for hydroxylation is 1. The van der Waals surface area contributed by atoms with Crippen molar-refractivity contribution in [1.82, 2.24) is 4.98 Å². The van der Waals surface area contributed by atoms with Gasteiger partial charge in [-0.1, -0.05) is 29.8 Å². The monoisotopic (exact) mass is 221 g/mol. The predicted octanol–water partition coefficient (Wildman–Crippen LogP) is 0.876. The molecule has 0 aliphatic carbocycles. The third kappa shape index (κ3) is 1.72. The summed E-state index contributed by atoms with van der Waals surface area (Å²) in [6, 6.07) is 7.44. The van der Waals surface area contributed by atoms with Crippen molar-refractivity contribution in [3.05, 3.63) is 35.0 Å². The fourth-order valence-corrected chi connectivity index (χ4v) is 1.98. The van der Waals surface area contributed by atoms with Gasteiger partial charge in [0.15, 0.2) is 0 Å². The summed E-state index contributed by atoms with van der Waals surface area (Å²) in [6.07, 6.45) is 0. The fourth-order valence-electron chi connectivity index (χ4n) is 1.65. The number of rotatable bonds is 1. The quantitative estimate of drug-likeness (QED) is 0.555. The molecule has 0 bridgehead atoms. The van der Waals surface area contributed by atoms with Crippen molar-refractivity contribution in [2.24, 2.45) is 0 Å². The average molecular weight is 221 g/mol. The highest BCUT2D eigenvalue weighted by atomic mass is 35.5. The normalized spacial score (nSPS) is 10.7. The largest absolute Gasteiger partial charge is 0.491 e. The molecule has 0 radical (unpaired) electrons. The lowest BCUT2D eigenvalue weighted by atomic mass is 9.77. The first-order chi connectivity index (χ1) is 7.11. The van der Waals surface area contributed by atoms with Crippen LogP contribution in [0.4, 0.5) is 0 Å². The van der Waals surface area contributed by atoms with E-state index in [-0.39, 0.29) is 10.6 Å². The number of hydrogen-bond donors (Lipinski definition) is 2. The summed E-state index contributed by atoms with van der Waals surface area (Å²) >= 11 is 5.87. The van der Waals surface area contributed by atoms with E-state index in [1.165, 1.54) is 0 Å². The van der Waals surface area contributed by atoms with Crippen molar-refractivity contribution < 1.29 is 10.0 Å². The molecular formula is C10H9BClNO2. The van der Waals surface area contributed by atoms with Gasteiger partial charge in [0, 0.05) is 10.8 Å². The van der Waals surface area contributed by atoms with Crippen molar-refractivity contribution in [3.63, 3.8) is 0 Å². The second-order valence-electron chi connectivity index (χ2n) is 3.33. The van der Waals surface area contributed by atoms with Crippen LogP contribution in [0, 0.1) is 6.92 Å². The van der Waals surface area contributed by atoms with E-state index < -0.39 is 7.12 Å². The smallest absolute Gasteiger partial charge is 0.423 e. The molecule has 1 aromatic carbocycles. The Balaban J connectivity index is 2.84. The molecule has 1 heterocycles. The minimum Gasteiger partial charge on any atom is -0.423 e. The highest BCUT2D eigenvalue weighted by molar-refractivity contribution is 6.63. The van der Waals surface area contributed by atoms with E-state index >= 15 is 0 Å². The number of nitrogens with zero attached hydrogens (tertiary/aromatic N) is 1. The molecule has 2 rings (SSSR count). The molecule has 0 spiro atoms. The topological polar surface area (TPSA) is 53.4 Å². The molecule has 76 valence electrons. The van der Waals surface area contributed by atoms with E-state index in [9.17, 15) is 10.0 Å². The first-order valence-electron chi connectivity index (χ1n) is 4.52. The lowest BCUT2D eigenvalue weighted by molar-refractivity contribution is 0.425. The van der Waals surface area contributed by atoms with Gasteiger partial charge in [0.05, 0.1) is 5.52 Å². The summed E-state index contributed by atoms with van der Waals surface area (Å²) in [5.74, 6) is 0. The van der Waals surface area contributed by atoms with Crippen LogP contribution in [0.3, 0.4) is 0 Å². The van der Waals surface area contributed by atoms with E-state index in [1.54, 1.807) is 6.92 Å². The van der Waals surface area contributed by atoms with Gasteiger partial charge in [-0.3, -0.25) is 0 Å². The zero-order valence-corrected chi connectivity index (χ0v) is 8.86. The standard InChI is InChI=1S/C10H9BClNO2/c1-6-7-4-2-3-5-8(7)13-10(12)9(6)11(14)15/h2-5,14-15H,1H3. The predicted molar refractivity (Wildman–Crippen MR) is 61.3 cm³/mol. The van der Waals surface area contributed by atoms with Gasteiger partial charge in [-0.2, -0.15) is 0 Å². The molecule has 0 amide bonds. The molecule has 3 nitrogen and oxygen atoms in total. The molecular weight excluding hydrogens is 212 g/mol. The molecule has 15 heavy (non-hydrogen) atoms. The van der Waals surface area contributed by atoms with Gasteiger partial charge in [0.2, 0.25) is 0 Å². The Hall–Kier alpha value is -1.10. The summed E-state index contributed by atoms with van der Waals surface area (Å²) in [5.41, 5.74) is 1.78. The second kappa shape index (κ2) is 3.81. The zero-order chi connectivity index (χ0) is 11.0. The molecule has 0 saturated carbocycles. The second-order valence-corrected chi connectivity index (χ2v) is 3.69. The van der Waals surface area contributed by atoms with Crippen molar-refractivity contribution in [1.29, 1.82) is 0 Å². The molecule has 0 aliphatic heterocycles. The Labute approximate surface area is 92.5 Å². The van der Waals surface area contributed by atoms with E-state index in [0.29, 0.717) is 0 Å². The number of aromatic nitrogens is 1. The Morgan fingerprint density at radius 3 is 2.60 bits per heavy atom. The molecule has 1 aromatic heterocycles. The lowest BCUT2D eigenvalue weighted by Gasteiger charge is -2.09. The number of fused-ring (bicyclic) bond motifs is 1. The molecule has 2 aromatic rings. The summed E-state index contributed by atoms with van der Waals surface area (Å²) in [4.78, 5) is 4.10. The fraction of sp³-hybridized carbons (Fsp3) is 0.100. The van der Waals surface area contributed by atoms with Crippen LogP contribution in [0.25, 0.3) is 10.9 Å². The Morgan fingerprint density at radius 2 is 1.93 bits per heavy atom. The van der Waals surface area contributed by atoms with Crippen LogP contribution in [0.1, 0.15) is 5.56 Å². The maximum atomic E-state index is 9.18.